The Balaban J connectivity index is 1.70. The number of fused-ring (bicyclic) bond motifs is 2. The molecule has 2 aromatic rings. The van der Waals surface area contributed by atoms with Gasteiger partial charge in [0.25, 0.3) is 0 Å². The van der Waals surface area contributed by atoms with Crippen molar-refractivity contribution < 1.29 is 43.1 Å². The number of phenolic OH excluding ortho intramolecular Hbond substituents is 1. The summed E-state index contributed by atoms with van der Waals surface area (Å²) in [6, 6.07) is 10.7. The van der Waals surface area contributed by atoms with E-state index in [1.807, 2.05) is 63.3 Å². The number of hydrogen-bond acceptors (Lipinski definition) is 9. The van der Waals surface area contributed by atoms with Gasteiger partial charge in [0.05, 0.1) is 25.5 Å². The summed E-state index contributed by atoms with van der Waals surface area (Å²) in [5.74, 6) is -1.28. The molecule has 256 valence electrons. The fourth-order valence-electron chi connectivity index (χ4n) is 5.48. The van der Waals surface area contributed by atoms with Gasteiger partial charge in [-0.3, -0.25) is 4.90 Å². The van der Waals surface area contributed by atoms with Crippen molar-refractivity contribution in [1.82, 2.24) is 0 Å². The molecule has 5 atom stereocenters. The van der Waals surface area contributed by atoms with Crippen LogP contribution in [0, 0.1) is 5.92 Å². The molecule has 1 saturated heterocycles. The zero-order valence-electron chi connectivity index (χ0n) is 28.9. The van der Waals surface area contributed by atoms with Crippen LogP contribution in [0.2, 0.25) is 0 Å². The van der Waals surface area contributed by atoms with Gasteiger partial charge in [-0.05, 0) is 84.2 Å². The average molecular weight is 652 g/mol. The van der Waals surface area contributed by atoms with E-state index in [0.29, 0.717) is 24.3 Å². The van der Waals surface area contributed by atoms with Crippen molar-refractivity contribution in [2.75, 3.05) is 18.6 Å². The Morgan fingerprint density at radius 2 is 1.79 bits per heavy atom. The molecule has 0 aromatic heterocycles. The van der Waals surface area contributed by atoms with Gasteiger partial charge in [0, 0.05) is 18.5 Å². The first-order valence-corrected chi connectivity index (χ1v) is 16.1. The number of cyclic esters (lactones) is 1. The van der Waals surface area contributed by atoms with Crippen LogP contribution in [-0.4, -0.2) is 66.6 Å². The fraction of sp³-hybridized carbons (Fsp3) is 0.514. The van der Waals surface area contributed by atoms with Gasteiger partial charge in [-0.2, -0.15) is 0 Å². The van der Waals surface area contributed by atoms with Crippen LogP contribution in [0.3, 0.4) is 0 Å². The fourth-order valence-corrected chi connectivity index (χ4v) is 5.48. The van der Waals surface area contributed by atoms with Crippen LogP contribution in [0.25, 0.3) is 6.08 Å². The summed E-state index contributed by atoms with van der Waals surface area (Å²) in [5.41, 5.74) is 1.04. The topological polar surface area (TPSA) is 113 Å². The molecular weight excluding hydrogens is 602 g/mol. The normalized spacial score (nSPS) is 24.4. The third-order valence-corrected chi connectivity index (χ3v) is 8.03. The second-order valence-corrected chi connectivity index (χ2v) is 13.4. The molecule has 10 heteroatoms. The molecule has 1 amide bonds. The van der Waals surface area contributed by atoms with E-state index < -0.39 is 41.8 Å². The Morgan fingerprint density at radius 1 is 1.09 bits per heavy atom. The van der Waals surface area contributed by atoms with Crippen LogP contribution in [0.5, 0.6) is 11.5 Å². The number of aromatic hydroxyl groups is 1. The van der Waals surface area contributed by atoms with Gasteiger partial charge >= 0.3 is 12.1 Å². The quantitative estimate of drug-likeness (QED) is 0.252. The molecule has 1 N–H and O–H groups in total. The van der Waals surface area contributed by atoms with E-state index in [9.17, 15) is 14.7 Å². The minimum atomic E-state index is -0.858. The number of phenols is 1. The molecule has 1 fully saturated rings. The van der Waals surface area contributed by atoms with Gasteiger partial charge in [0.2, 0.25) is 0 Å². The highest BCUT2D eigenvalue weighted by molar-refractivity contribution is 5.99. The average Bonchev–Trinajstić information content (AvgIpc) is 3.29. The third kappa shape index (κ3) is 9.37. The van der Waals surface area contributed by atoms with Crippen molar-refractivity contribution in [3.63, 3.8) is 0 Å². The standard InChI is InChI=1S/C37H49NO9/c1-10-38(35(41)47-36(4,5)6)27-20-26-12-11-13-31-33(46-37(7,8)45-31)30(43-22-25-15-17-28(42-9)18-16-25)19-14-23(2)24(3)44-34(40)32(26)29(39)21-27/h11-12,14-21,23-24,30-31,33,39H,10,13,22H2,1-9H3/t23-,24+,30?,31+,33-/m1/s1. The lowest BCUT2D eigenvalue weighted by Gasteiger charge is -2.27. The lowest BCUT2D eigenvalue weighted by molar-refractivity contribution is -0.156. The number of nitrogens with zero attached hydrogens (tertiary/aromatic N) is 1. The molecule has 0 spiro atoms. The van der Waals surface area contributed by atoms with Crippen molar-refractivity contribution in [2.24, 2.45) is 5.92 Å². The number of esters is 1. The molecule has 0 aliphatic carbocycles. The van der Waals surface area contributed by atoms with Crippen molar-refractivity contribution in [1.29, 1.82) is 0 Å². The van der Waals surface area contributed by atoms with Crippen molar-refractivity contribution >= 4 is 23.8 Å². The smallest absolute Gasteiger partial charge is 0.414 e. The highest BCUT2D eigenvalue weighted by atomic mass is 16.8. The summed E-state index contributed by atoms with van der Waals surface area (Å²) >= 11 is 0. The van der Waals surface area contributed by atoms with Crippen LogP contribution in [0.15, 0.2) is 54.6 Å². The molecule has 0 bridgehead atoms. The summed E-state index contributed by atoms with van der Waals surface area (Å²) < 4.78 is 35.9. The number of amides is 1. The Kier molecular flexibility index (Phi) is 11.4. The Labute approximate surface area is 278 Å². The maximum Gasteiger partial charge on any atom is 0.414 e. The molecule has 2 aliphatic rings. The maximum absolute atomic E-state index is 13.5. The van der Waals surface area contributed by atoms with Crippen molar-refractivity contribution in [2.45, 2.75) is 104 Å². The van der Waals surface area contributed by atoms with E-state index in [-0.39, 0.29) is 29.9 Å². The largest absolute Gasteiger partial charge is 0.507 e. The minimum absolute atomic E-state index is 0.00602. The number of carbonyl (C=O) groups excluding carboxylic acids is 2. The minimum Gasteiger partial charge on any atom is -0.507 e. The Hall–Kier alpha value is -3.86. The van der Waals surface area contributed by atoms with E-state index in [1.54, 1.807) is 53.9 Å². The molecule has 4 rings (SSSR count). The number of anilines is 1. The van der Waals surface area contributed by atoms with E-state index in [1.165, 1.54) is 11.0 Å². The summed E-state index contributed by atoms with van der Waals surface area (Å²) in [6.07, 6.45) is 5.51. The number of methoxy groups -OCH3 is 1. The molecule has 1 unspecified atom stereocenters. The molecule has 2 heterocycles. The van der Waals surface area contributed by atoms with E-state index in [2.05, 4.69) is 0 Å². The van der Waals surface area contributed by atoms with Crippen molar-refractivity contribution in [3.8, 4) is 11.5 Å². The first-order chi connectivity index (χ1) is 22.1. The van der Waals surface area contributed by atoms with E-state index in [4.69, 9.17) is 28.4 Å². The van der Waals surface area contributed by atoms with Crippen LogP contribution in [0.4, 0.5) is 10.5 Å². The number of ether oxygens (including phenoxy) is 6. The van der Waals surface area contributed by atoms with Crippen LogP contribution in [0.1, 0.15) is 83.3 Å². The molecule has 0 radical (unpaired) electrons. The van der Waals surface area contributed by atoms with Gasteiger partial charge in [0.1, 0.15) is 41.0 Å². The summed E-state index contributed by atoms with van der Waals surface area (Å²) in [7, 11) is 1.63. The SMILES string of the molecule is CCN(C(=O)OC(C)(C)C)c1cc(O)c2c(c1)C=CC[C@@H]1OC(C)(C)O[C@@H]1C(OCc1ccc(OC)cc1)C=C[C@@H](C)[C@H](C)OC2=O. The molecule has 2 aliphatic heterocycles. The molecular formula is C37H49NO9. The van der Waals surface area contributed by atoms with Gasteiger partial charge in [-0.25, -0.2) is 9.59 Å². The van der Waals surface area contributed by atoms with Gasteiger partial charge in [-0.15, -0.1) is 0 Å². The first-order valence-electron chi connectivity index (χ1n) is 16.1. The second kappa shape index (κ2) is 14.9. The van der Waals surface area contributed by atoms with E-state index in [0.717, 1.165) is 11.3 Å². The maximum atomic E-state index is 13.5. The molecule has 0 saturated carbocycles. The first kappa shape index (κ1) is 36.0. The number of carbonyl (C=O) groups is 2. The van der Waals surface area contributed by atoms with Crippen LogP contribution >= 0.6 is 0 Å². The monoisotopic (exact) mass is 651 g/mol. The van der Waals surface area contributed by atoms with Gasteiger partial charge < -0.3 is 33.5 Å². The highest BCUT2D eigenvalue weighted by Gasteiger charge is 2.44. The van der Waals surface area contributed by atoms with Crippen LogP contribution < -0.4 is 9.64 Å². The number of rotatable bonds is 6. The predicted octanol–water partition coefficient (Wildman–Crippen LogP) is 7.42. The predicted molar refractivity (Wildman–Crippen MR) is 180 cm³/mol. The summed E-state index contributed by atoms with van der Waals surface area (Å²) in [6.45, 7) is 15.3. The van der Waals surface area contributed by atoms with Crippen LogP contribution in [-0.2, 0) is 30.3 Å². The van der Waals surface area contributed by atoms with Gasteiger partial charge in [0.15, 0.2) is 5.79 Å². The van der Waals surface area contributed by atoms with E-state index >= 15 is 0 Å². The number of hydrogen-bond donors (Lipinski definition) is 1. The second-order valence-electron chi connectivity index (χ2n) is 13.4. The molecule has 47 heavy (non-hydrogen) atoms. The van der Waals surface area contributed by atoms with Gasteiger partial charge in [-0.1, -0.05) is 43.4 Å². The Morgan fingerprint density at radius 3 is 2.43 bits per heavy atom. The Bertz CT molecular complexity index is 1460. The zero-order valence-corrected chi connectivity index (χ0v) is 28.9. The lowest BCUT2D eigenvalue weighted by Crippen LogP contribution is -2.37. The molecule has 10 nitrogen and oxygen atoms in total. The summed E-state index contributed by atoms with van der Waals surface area (Å²) in [5, 5.41) is 11.2. The third-order valence-electron chi connectivity index (χ3n) is 8.03. The lowest BCUT2D eigenvalue weighted by atomic mass is 9.98. The number of benzene rings is 2. The zero-order chi connectivity index (χ0) is 34.5. The molecule has 2 aromatic carbocycles. The summed E-state index contributed by atoms with van der Waals surface area (Å²) in [4.78, 5) is 28.0. The van der Waals surface area contributed by atoms with Crippen molar-refractivity contribution in [3.05, 3.63) is 71.3 Å². The highest BCUT2D eigenvalue weighted by Crippen LogP contribution is 2.36.